The Hall–Kier alpha value is -1.61. The number of nitrogens with zero attached hydrogens (tertiary/aromatic N) is 2. The summed E-state index contributed by atoms with van der Waals surface area (Å²) in [4.78, 5) is 16.9. The summed E-state index contributed by atoms with van der Waals surface area (Å²) in [5.74, 6) is 0.934. The molecule has 0 aromatic heterocycles. The number of piperidine rings is 2. The molecule has 0 bridgehead atoms. The highest BCUT2D eigenvalue weighted by Gasteiger charge is 2.23. The summed E-state index contributed by atoms with van der Waals surface area (Å²) in [6.07, 6.45) is 10.6. The lowest BCUT2D eigenvalue weighted by molar-refractivity contribution is -0.133. The van der Waals surface area contributed by atoms with Crippen LogP contribution in [0.3, 0.4) is 0 Å². The molecule has 1 aromatic carbocycles. The minimum atomic E-state index is 0.331. The van der Waals surface area contributed by atoms with Crippen LogP contribution in [-0.4, -0.2) is 48.4 Å². The Morgan fingerprint density at radius 3 is 2.38 bits per heavy atom. The monoisotopic (exact) mass is 326 g/mol. The summed E-state index contributed by atoms with van der Waals surface area (Å²) in [5, 5.41) is 0. The van der Waals surface area contributed by atoms with Crippen LogP contribution in [0.25, 0.3) is 6.08 Å². The lowest BCUT2D eigenvalue weighted by Crippen LogP contribution is -2.45. The van der Waals surface area contributed by atoms with Crippen LogP contribution in [0.4, 0.5) is 0 Å². The molecule has 2 aliphatic heterocycles. The van der Waals surface area contributed by atoms with Crippen molar-refractivity contribution in [1.82, 2.24) is 9.80 Å². The molecular weight excluding hydrogens is 296 g/mol. The molecular formula is C21H30N2O. The SMILES string of the molecule is Cc1ccc(/C=C/C2CCN(C(=O)CN3CCCCC3)CC2)cc1. The van der Waals surface area contributed by atoms with Crippen molar-refractivity contribution in [2.24, 2.45) is 5.92 Å². The van der Waals surface area contributed by atoms with Crippen molar-refractivity contribution < 1.29 is 4.79 Å². The first-order chi connectivity index (χ1) is 11.7. The van der Waals surface area contributed by atoms with E-state index >= 15 is 0 Å². The van der Waals surface area contributed by atoms with Gasteiger partial charge in [-0.25, -0.2) is 0 Å². The molecule has 130 valence electrons. The number of rotatable bonds is 4. The maximum atomic E-state index is 12.5. The fraction of sp³-hybridized carbons (Fsp3) is 0.571. The van der Waals surface area contributed by atoms with Crippen molar-refractivity contribution in [3.63, 3.8) is 0 Å². The first kappa shape index (κ1) is 17.2. The Kier molecular flexibility index (Phi) is 6.08. The van der Waals surface area contributed by atoms with Crippen molar-refractivity contribution in [1.29, 1.82) is 0 Å². The zero-order valence-electron chi connectivity index (χ0n) is 14.9. The zero-order chi connectivity index (χ0) is 16.8. The topological polar surface area (TPSA) is 23.6 Å². The van der Waals surface area contributed by atoms with Crippen LogP contribution in [0.15, 0.2) is 30.3 Å². The molecule has 2 heterocycles. The molecule has 0 N–H and O–H groups in total. The van der Waals surface area contributed by atoms with Gasteiger partial charge in [0.15, 0.2) is 0 Å². The summed E-state index contributed by atoms with van der Waals surface area (Å²) in [6, 6.07) is 8.65. The van der Waals surface area contributed by atoms with E-state index in [9.17, 15) is 4.79 Å². The molecule has 1 aromatic rings. The molecule has 3 nitrogen and oxygen atoms in total. The van der Waals surface area contributed by atoms with Crippen LogP contribution >= 0.6 is 0 Å². The molecule has 0 saturated carbocycles. The van der Waals surface area contributed by atoms with Gasteiger partial charge in [-0.15, -0.1) is 0 Å². The quantitative estimate of drug-likeness (QED) is 0.841. The summed E-state index contributed by atoms with van der Waals surface area (Å²) in [6.45, 7) is 6.77. The number of carbonyl (C=O) groups excluding carboxylic acids is 1. The van der Waals surface area contributed by atoms with Gasteiger partial charge in [-0.3, -0.25) is 9.69 Å². The minimum Gasteiger partial charge on any atom is -0.342 e. The Labute approximate surface area is 146 Å². The van der Waals surface area contributed by atoms with E-state index in [1.54, 1.807) is 0 Å². The average molecular weight is 326 g/mol. The lowest BCUT2D eigenvalue weighted by Gasteiger charge is -2.33. The van der Waals surface area contributed by atoms with E-state index in [-0.39, 0.29) is 0 Å². The first-order valence-corrected chi connectivity index (χ1v) is 9.46. The van der Waals surface area contributed by atoms with Gasteiger partial charge in [-0.2, -0.15) is 0 Å². The van der Waals surface area contributed by atoms with Crippen LogP contribution in [0.5, 0.6) is 0 Å². The predicted molar refractivity (Wildman–Crippen MR) is 99.8 cm³/mol. The number of amides is 1. The second-order valence-corrected chi connectivity index (χ2v) is 7.32. The van der Waals surface area contributed by atoms with Crippen LogP contribution < -0.4 is 0 Å². The van der Waals surface area contributed by atoms with Crippen LogP contribution in [0, 0.1) is 12.8 Å². The van der Waals surface area contributed by atoms with Gasteiger partial charge >= 0.3 is 0 Å². The largest absolute Gasteiger partial charge is 0.342 e. The van der Waals surface area contributed by atoms with E-state index in [0.29, 0.717) is 18.4 Å². The maximum absolute atomic E-state index is 12.5. The normalized spacial score (nSPS) is 20.6. The number of likely N-dealkylation sites (tertiary alicyclic amines) is 2. The highest BCUT2D eigenvalue weighted by atomic mass is 16.2. The van der Waals surface area contributed by atoms with Crippen LogP contribution in [0.1, 0.15) is 43.2 Å². The summed E-state index contributed by atoms with van der Waals surface area (Å²) in [5.41, 5.74) is 2.57. The van der Waals surface area contributed by atoms with Gasteiger partial charge in [0.2, 0.25) is 5.91 Å². The second kappa shape index (κ2) is 8.48. The van der Waals surface area contributed by atoms with E-state index in [4.69, 9.17) is 0 Å². The smallest absolute Gasteiger partial charge is 0.236 e. The number of carbonyl (C=O) groups is 1. The maximum Gasteiger partial charge on any atom is 0.236 e. The minimum absolute atomic E-state index is 0.331. The third-order valence-electron chi connectivity index (χ3n) is 5.34. The van der Waals surface area contributed by atoms with E-state index < -0.39 is 0 Å². The van der Waals surface area contributed by atoms with Gasteiger partial charge in [0.25, 0.3) is 0 Å². The molecule has 3 rings (SSSR count). The van der Waals surface area contributed by atoms with E-state index in [1.165, 1.54) is 30.4 Å². The van der Waals surface area contributed by atoms with E-state index in [1.807, 2.05) is 0 Å². The van der Waals surface area contributed by atoms with Gasteiger partial charge in [-0.1, -0.05) is 48.4 Å². The summed E-state index contributed by atoms with van der Waals surface area (Å²) in [7, 11) is 0. The van der Waals surface area contributed by atoms with Crippen molar-refractivity contribution in [2.45, 2.75) is 39.0 Å². The van der Waals surface area contributed by atoms with Crippen LogP contribution in [0.2, 0.25) is 0 Å². The second-order valence-electron chi connectivity index (χ2n) is 7.32. The first-order valence-electron chi connectivity index (χ1n) is 9.46. The van der Waals surface area contributed by atoms with E-state index in [2.05, 4.69) is 53.1 Å². The zero-order valence-corrected chi connectivity index (χ0v) is 14.9. The molecule has 1 amide bonds. The van der Waals surface area contributed by atoms with Gasteiger partial charge in [-0.05, 0) is 57.2 Å². The molecule has 0 radical (unpaired) electrons. The highest BCUT2D eigenvalue weighted by Crippen LogP contribution is 2.20. The Morgan fingerprint density at radius 1 is 1.04 bits per heavy atom. The third-order valence-corrected chi connectivity index (χ3v) is 5.34. The molecule has 2 fully saturated rings. The van der Waals surface area contributed by atoms with Gasteiger partial charge in [0.1, 0.15) is 0 Å². The van der Waals surface area contributed by atoms with Gasteiger partial charge < -0.3 is 4.90 Å². The summed E-state index contributed by atoms with van der Waals surface area (Å²) < 4.78 is 0. The fourth-order valence-corrected chi connectivity index (χ4v) is 3.67. The van der Waals surface area contributed by atoms with Gasteiger partial charge in [0.05, 0.1) is 6.54 Å². The number of hydrogen-bond acceptors (Lipinski definition) is 2. The molecule has 3 heteroatoms. The van der Waals surface area contributed by atoms with Crippen molar-refractivity contribution in [3.8, 4) is 0 Å². The lowest BCUT2D eigenvalue weighted by atomic mass is 9.95. The molecule has 0 atom stereocenters. The Balaban J connectivity index is 1.43. The van der Waals surface area contributed by atoms with Crippen molar-refractivity contribution >= 4 is 12.0 Å². The van der Waals surface area contributed by atoms with Crippen molar-refractivity contribution in [3.05, 3.63) is 41.5 Å². The number of hydrogen-bond donors (Lipinski definition) is 0. The average Bonchev–Trinajstić information content (AvgIpc) is 2.62. The Bertz CT molecular complexity index is 550. The highest BCUT2D eigenvalue weighted by molar-refractivity contribution is 5.78. The molecule has 2 aliphatic rings. The Morgan fingerprint density at radius 2 is 1.71 bits per heavy atom. The van der Waals surface area contributed by atoms with Gasteiger partial charge in [0, 0.05) is 13.1 Å². The summed E-state index contributed by atoms with van der Waals surface area (Å²) >= 11 is 0. The molecule has 0 unspecified atom stereocenters. The number of benzene rings is 1. The predicted octanol–water partition coefficient (Wildman–Crippen LogP) is 3.73. The van der Waals surface area contributed by atoms with Crippen molar-refractivity contribution in [2.75, 3.05) is 32.7 Å². The fourth-order valence-electron chi connectivity index (χ4n) is 3.67. The third kappa shape index (κ3) is 4.94. The number of aryl methyl sites for hydroxylation is 1. The molecule has 2 saturated heterocycles. The standard InChI is InChI=1S/C21H30N2O/c1-18-5-7-19(8-6-18)9-10-20-11-15-23(16-12-20)21(24)17-22-13-3-2-4-14-22/h5-10,20H,2-4,11-17H2,1H3/b10-9+. The van der Waals surface area contributed by atoms with E-state index in [0.717, 1.165) is 39.0 Å². The molecule has 0 aliphatic carbocycles. The number of allylic oxidation sites excluding steroid dienone is 1. The van der Waals surface area contributed by atoms with Crippen LogP contribution in [-0.2, 0) is 4.79 Å². The molecule has 0 spiro atoms. The molecule has 24 heavy (non-hydrogen) atoms.